The Labute approximate surface area is 112 Å². The van der Waals surface area contributed by atoms with E-state index < -0.39 is 0 Å². The van der Waals surface area contributed by atoms with Crippen molar-refractivity contribution >= 4 is 0 Å². The normalized spacial score (nSPS) is 10.9. The fourth-order valence-electron chi connectivity index (χ4n) is 1.56. The molecule has 1 heterocycles. The van der Waals surface area contributed by atoms with Crippen molar-refractivity contribution < 1.29 is 9.26 Å². The van der Waals surface area contributed by atoms with Crippen molar-refractivity contribution in [3.63, 3.8) is 0 Å². The fourth-order valence-corrected chi connectivity index (χ4v) is 1.56. The van der Waals surface area contributed by atoms with Crippen LogP contribution in [0, 0.1) is 5.92 Å². The molecule has 0 unspecified atom stereocenters. The standard InChI is InChI=1S/C14H19N3O2/c1-10(2)9-18-12-5-3-11(4-6-12)14-16-13(7-8-15)19-17-14/h3-6,10H,7-9,15H2,1-2H3. The predicted molar refractivity (Wildman–Crippen MR) is 72.8 cm³/mol. The number of hydrogen-bond donors (Lipinski definition) is 1. The smallest absolute Gasteiger partial charge is 0.228 e. The molecular formula is C14H19N3O2. The molecule has 2 N–H and O–H groups in total. The third-order valence-electron chi connectivity index (χ3n) is 2.52. The minimum Gasteiger partial charge on any atom is -0.493 e. The van der Waals surface area contributed by atoms with Crippen LogP contribution in [0.15, 0.2) is 28.8 Å². The van der Waals surface area contributed by atoms with Crippen molar-refractivity contribution in [3.05, 3.63) is 30.2 Å². The highest BCUT2D eigenvalue weighted by molar-refractivity contribution is 5.55. The van der Waals surface area contributed by atoms with Crippen molar-refractivity contribution in [2.45, 2.75) is 20.3 Å². The van der Waals surface area contributed by atoms with E-state index in [-0.39, 0.29) is 0 Å². The van der Waals surface area contributed by atoms with Gasteiger partial charge in [0.25, 0.3) is 0 Å². The fraction of sp³-hybridized carbons (Fsp3) is 0.429. The van der Waals surface area contributed by atoms with Crippen molar-refractivity contribution in [1.82, 2.24) is 10.1 Å². The van der Waals surface area contributed by atoms with Crippen LogP contribution in [0.1, 0.15) is 19.7 Å². The number of nitrogens with two attached hydrogens (primary N) is 1. The molecule has 0 aliphatic carbocycles. The first-order valence-electron chi connectivity index (χ1n) is 6.45. The quantitative estimate of drug-likeness (QED) is 0.863. The lowest BCUT2D eigenvalue weighted by molar-refractivity contribution is 0.271. The molecule has 0 aliphatic rings. The van der Waals surface area contributed by atoms with Gasteiger partial charge in [0.05, 0.1) is 6.61 Å². The summed E-state index contributed by atoms with van der Waals surface area (Å²) in [6.45, 7) is 5.45. The minimum atomic E-state index is 0.504. The molecular weight excluding hydrogens is 242 g/mol. The Morgan fingerprint density at radius 1 is 1.26 bits per heavy atom. The lowest BCUT2D eigenvalue weighted by Crippen LogP contribution is -2.04. The van der Waals surface area contributed by atoms with Gasteiger partial charge in [-0.15, -0.1) is 0 Å². The second kappa shape index (κ2) is 6.33. The molecule has 19 heavy (non-hydrogen) atoms. The number of rotatable bonds is 6. The number of nitrogens with zero attached hydrogens (tertiary/aromatic N) is 2. The maximum Gasteiger partial charge on any atom is 0.228 e. The molecule has 0 radical (unpaired) electrons. The SMILES string of the molecule is CC(C)COc1ccc(-c2noc(CCN)n2)cc1. The molecule has 5 heteroatoms. The van der Waals surface area contributed by atoms with Crippen molar-refractivity contribution in [3.8, 4) is 17.1 Å². The van der Waals surface area contributed by atoms with E-state index in [4.69, 9.17) is 15.0 Å². The summed E-state index contributed by atoms with van der Waals surface area (Å²) in [5.74, 6) is 2.51. The van der Waals surface area contributed by atoms with Crippen LogP contribution < -0.4 is 10.5 Å². The molecule has 1 aromatic carbocycles. The molecule has 0 saturated heterocycles. The molecule has 5 nitrogen and oxygen atoms in total. The van der Waals surface area contributed by atoms with Crippen LogP contribution in [0.4, 0.5) is 0 Å². The Morgan fingerprint density at radius 3 is 2.63 bits per heavy atom. The third-order valence-corrected chi connectivity index (χ3v) is 2.52. The zero-order valence-electron chi connectivity index (χ0n) is 11.3. The first kappa shape index (κ1) is 13.5. The highest BCUT2D eigenvalue weighted by Crippen LogP contribution is 2.20. The van der Waals surface area contributed by atoms with Crippen molar-refractivity contribution in [2.75, 3.05) is 13.2 Å². The predicted octanol–water partition coefficient (Wildman–Crippen LogP) is 2.27. The van der Waals surface area contributed by atoms with Gasteiger partial charge in [-0.2, -0.15) is 4.98 Å². The van der Waals surface area contributed by atoms with E-state index >= 15 is 0 Å². The lowest BCUT2D eigenvalue weighted by atomic mass is 10.2. The topological polar surface area (TPSA) is 74.2 Å². The van der Waals surface area contributed by atoms with Crippen LogP contribution in [0.3, 0.4) is 0 Å². The van der Waals surface area contributed by atoms with Crippen LogP contribution in [0.5, 0.6) is 5.75 Å². The number of aromatic nitrogens is 2. The van der Waals surface area contributed by atoms with Gasteiger partial charge in [0, 0.05) is 18.5 Å². The van der Waals surface area contributed by atoms with Crippen LogP contribution in [0.2, 0.25) is 0 Å². The summed E-state index contributed by atoms with van der Waals surface area (Å²) in [5.41, 5.74) is 6.35. The molecule has 2 rings (SSSR count). The van der Waals surface area contributed by atoms with Gasteiger partial charge in [-0.25, -0.2) is 0 Å². The Bertz CT molecular complexity index is 506. The molecule has 0 bridgehead atoms. The first-order chi connectivity index (χ1) is 9.19. The summed E-state index contributed by atoms with van der Waals surface area (Å²) in [7, 11) is 0. The summed E-state index contributed by atoms with van der Waals surface area (Å²) >= 11 is 0. The Hall–Kier alpha value is -1.88. The number of hydrogen-bond acceptors (Lipinski definition) is 5. The third kappa shape index (κ3) is 3.79. The summed E-state index contributed by atoms with van der Waals surface area (Å²) in [6.07, 6.45) is 0.600. The van der Waals surface area contributed by atoms with E-state index in [1.165, 1.54) is 0 Å². The van der Waals surface area contributed by atoms with Crippen LogP contribution in [-0.4, -0.2) is 23.3 Å². The van der Waals surface area contributed by atoms with Gasteiger partial charge in [-0.05, 0) is 30.2 Å². The van der Waals surface area contributed by atoms with E-state index in [0.717, 1.165) is 11.3 Å². The summed E-state index contributed by atoms with van der Waals surface area (Å²) < 4.78 is 10.7. The average molecular weight is 261 g/mol. The van der Waals surface area contributed by atoms with E-state index in [0.29, 0.717) is 37.2 Å². The largest absolute Gasteiger partial charge is 0.493 e. The molecule has 1 aromatic heterocycles. The maximum absolute atomic E-state index is 5.62. The Kier molecular flexibility index (Phi) is 4.52. The van der Waals surface area contributed by atoms with Gasteiger partial charge in [-0.1, -0.05) is 19.0 Å². The molecule has 0 atom stereocenters. The minimum absolute atomic E-state index is 0.504. The van der Waals surface area contributed by atoms with Gasteiger partial charge in [-0.3, -0.25) is 0 Å². The average Bonchev–Trinajstić information content (AvgIpc) is 2.86. The monoisotopic (exact) mass is 261 g/mol. The number of benzene rings is 1. The molecule has 102 valence electrons. The van der Waals surface area contributed by atoms with E-state index in [1.54, 1.807) is 0 Å². The molecule has 0 spiro atoms. The molecule has 2 aromatic rings. The van der Waals surface area contributed by atoms with Crippen LogP contribution >= 0.6 is 0 Å². The second-order valence-electron chi connectivity index (χ2n) is 4.78. The summed E-state index contributed by atoms with van der Waals surface area (Å²) in [5, 5.41) is 3.93. The van der Waals surface area contributed by atoms with Crippen molar-refractivity contribution in [1.29, 1.82) is 0 Å². The highest BCUT2D eigenvalue weighted by atomic mass is 16.5. The van der Waals surface area contributed by atoms with Crippen LogP contribution in [-0.2, 0) is 6.42 Å². The van der Waals surface area contributed by atoms with Gasteiger partial charge in [0.2, 0.25) is 11.7 Å². The highest BCUT2D eigenvalue weighted by Gasteiger charge is 2.08. The van der Waals surface area contributed by atoms with Crippen molar-refractivity contribution in [2.24, 2.45) is 11.7 Å². The van der Waals surface area contributed by atoms with Crippen LogP contribution in [0.25, 0.3) is 11.4 Å². The van der Waals surface area contributed by atoms with E-state index in [2.05, 4.69) is 24.0 Å². The summed E-state index contributed by atoms with van der Waals surface area (Å²) in [4.78, 5) is 4.28. The Balaban J connectivity index is 2.04. The van der Waals surface area contributed by atoms with Gasteiger partial charge < -0.3 is 15.0 Å². The summed E-state index contributed by atoms with van der Waals surface area (Å²) in [6, 6.07) is 7.67. The first-order valence-corrected chi connectivity index (χ1v) is 6.45. The second-order valence-corrected chi connectivity index (χ2v) is 4.78. The lowest BCUT2D eigenvalue weighted by Gasteiger charge is -2.08. The molecule has 0 amide bonds. The van der Waals surface area contributed by atoms with E-state index in [9.17, 15) is 0 Å². The van der Waals surface area contributed by atoms with Gasteiger partial charge in [0.1, 0.15) is 5.75 Å². The molecule has 0 aliphatic heterocycles. The maximum atomic E-state index is 5.62. The Morgan fingerprint density at radius 2 is 2.00 bits per heavy atom. The molecule has 0 saturated carbocycles. The molecule has 0 fully saturated rings. The zero-order valence-corrected chi connectivity index (χ0v) is 11.3. The number of ether oxygens (including phenoxy) is 1. The van der Waals surface area contributed by atoms with Gasteiger partial charge in [0.15, 0.2) is 0 Å². The zero-order chi connectivity index (χ0) is 13.7. The van der Waals surface area contributed by atoms with Gasteiger partial charge >= 0.3 is 0 Å². The van der Waals surface area contributed by atoms with E-state index in [1.807, 2.05) is 24.3 Å².